The molecule has 0 atom stereocenters. The van der Waals surface area contributed by atoms with E-state index in [1.54, 1.807) is 4.68 Å². The Kier molecular flexibility index (Phi) is 2.60. The van der Waals surface area contributed by atoms with Crippen LogP contribution >= 0.6 is 0 Å². The van der Waals surface area contributed by atoms with Crippen LogP contribution < -0.4 is 10.2 Å². The predicted molar refractivity (Wildman–Crippen MR) is 57.7 cm³/mol. The Morgan fingerprint density at radius 3 is 2.67 bits per heavy atom. The molecule has 1 aromatic heterocycles. The second-order valence-electron chi connectivity index (χ2n) is 3.76. The maximum absolute atomic E-state index is 9.09. The van der Waals surface area contributed by atoms with Crippen molar-refractivity contribution in [2.45, 2.75) is 6.92 Å². The molecule has 1 saturated heterocycles. The Labute approximate surface area is 89.3 Å². The number of rotatable bonds is 1. The molecule has 0 spiro atoms. The number of piperazine rings is 1. The van der Waals surface area contributed by atoms with Crippen molar-refractivity contribution >= 4 is 5.69 Å². The average molecular weight is 205 g/mol. The smallest absolute Gasteiger partial charge is 0.162 e. The highest BCUT2D eigenvalue weighted by molar-refractivity contribution is 5.60. The van der Waals surface area contributed by atoms with Crippen molar-refractivity contribution in [3.63, 3.8) is 0 Å². The van der Waals surface area contributed by atoms with Gasteiger partial charge in [-0.3, -0.25) is 4.68 Å². The average Bonchev–Trinajstić information content (AvgIpc) is 2.54. The van der Waals surface area contributed by atoms with E-state index in [9.17, 15) is 0 Å². The Morgan fingerprint density at radius 2 is 2.07 bits per heavy atom. The van der Waals surface area contributed by atoms with E-state index in [-0.39, 0.29) is 0 Å². The lowest BCUT2D eigenvalue weighted by atomic mass is 10.2. The number of hydrogen-bond acceptors (Lipinski definition) is 4. The fourth-order valence-electron chi connectivity index (χ4n) is 2.04. The third kappa shape index (κ3) is 1.68. The SMILES string of the molecule is Cc1nn(C)c(C#N)c1N1CCNCC1. The number of nitrogens with zero attached hydrogens (tertiary/aromatic N) is 4. The summed E-state index contributed by atoms with van der Waals surface area (Å²) in [6.45, 7) is 5.79. The first kappa shape index (κ1) is 9.99. The largest absolute Gasteiger partial charge is 0.365 e. The summed E-state index contributed by atoms with van der Waals surface area (Å²) in [6, 6.07) is 2.22. The van der Waals surface area contributed by atoms with Crippen molar-refractivity contribution in [3.8, 4) is 6.07 Å². The zero-order valence-corrected chi connectivity index (χ0v) is 9.12. The first-order chi connectivity index (χ1) is 7.24. The van der Waals surface area contributed by atoms with Gasteiger partial charge in [-0.25, -0.2) is 0 Å². The zero-order valence-electron chi connectivity index (χ0n) is 9.12. The van der Waals surface area contributed by atoms with Gasteiger partial charge in [0.15, 0.2) is 5.69 Å². The molecule has 1 aliphatic heterocycles. The van der Waals surface area contributed by atoms with Crippen molar-refractivity contribution in [2.75, 3.05) is 31.1 Å². The lowest BCUT2D eigenvalue weighted by Crippen LogP contribution is -2.44. The molecule has 15 heavy (non-hydrogen) atoms. The second kappa shape index (κ2) is 3.91. The van der Waals surface area contributed by atoms with Gasteiger partial charge in [-0.05, 0) is 6.92 Å². The first-order valence-electron chi connectivity index (χ1n) is 5.13. The van der Waals surface area contributed by atoms with Gasteiger partial charge in [0.05, 0.1) is 11.4 Å². The summed E-state index contributed by atoms with van der Waals surface area (Å²) in [5.74, 6) is 0. The van der Waals surface area contributed by atoms with Crippen LogP contribution in [0, 0.1) is 18.3 Å². The first-order valence-corrected chi connectivity index (χ1v) is 5.13. The second-order valence-corrected chi connectivity index (χ2v) is 3.76. The highest BCUT2D eigenvalue weighted by Crippen LogP contribution is 2.23. The molecule has 2 rings (SSSR count). The normalized spacial score (nSPS) is 16.5. The van der Waals surface area contributed by atoms with E-state index in [1.165, 1.54) is 0 Å². The van der Waals surface area contributed by atoms with Gasteiger partial charge < -0.3 is 10.2 Å². The molecule has 1 aliphatic rings. The predicted octanol–water partition coefficient (Wildman–Crippen LogP) is 0.00980. The lowest BCUT2D eigenvalue weighted by molar-refractivity contribution is 0.588. The third-order valence-corrected chi connectivity index (χ3v) is 2.73. The van der Waals surface area contributed by atoms with Gasteiger partial charge in [-0.2, -0.15) is 10.4 Å². The molecule has 1 N–H and O–H groups in total. The lowest BCUT2D eigenvalue weighted by Gasteiger charge is -2.29. The van der Waals surface area contributed by atoms with E-state index in [1.807, 2.05) is 14.0 Å². The highest BCUT2D eigenvalue weighted by Gasteiger charge is 2.20. The minimum Gasteiger partial charge on any atom is -0.365 e. The van der Waals surface area contributed by atoms with Crippen molar-refractivity contribution < 1.29 is 0 Å². The monoisotopic (exact) mass is 205 g/mol. The Hall–Kier alpha value is -1.54. The minimum atomic E-state index is 0.661. The van der Waals surface area contributed by atoms with Crippen LogP contribution in [0.2, 0.25) is 0 Å². The maximum Gasteiger partial charge on any atom is 0.162 e. The minimum absolute atomic E-state index is 0.661. The zero-order chi connectivity index (χ0) is 10.8. The molecule has 0 saturated carbocycles. The van der Waals surface area contributed by atoms with E-state index in [2.05, 4.69) is 21.4 Å². The molecule has 0 aromatic carbocycles. The fourth-order valence-corrected chi connectivity index (χ4v) is 2.04. The van der Waals surface area contributed by atoms with E-state index < -0.39 is 0 Å². The molecule has 80 valence electrons. The molecule has 0 radical (unpaired) electrons. The van der Waals surface area contributed by atoms with Crippen molar-refractivity contribution in [2.24, 2.45) is 7.05 Å². The number of aromatic nitrogens is 2. The Balaban J connectivity index is 2.37. The molecule has 5 heteroatoms. The fraction of sp³-hybridized carbons (Fsp3) is 0.600. The van der Waals surface area contributed by atoms with Gasteiger partial charge >= 0.3 is 0 Å². The van der Waals surface area contributed by atoms with Gasteiger partial charge in [0.2, 0.25) is 0 Å². The van der Waals surface area contributed by atoms with Gasteiger partial charge in [0.25, 0.3) is 0 Å². The molecule has 0 aliphatic carbocycles. The summed E-state index contributed by atoms with van der Waals surface area (Å²) in [4.78, 5) is 2.23. The summed E-state index contributed by atoms with van der Waals surface area (Å²) in [5.41, 5.74) is 2.60. The van der Waals surface area contributed by atoms with Gasteiger partial charge in [-0.15, -0.1) is 0 Å². The molecular weight excluding hydrogens is 190 g/mol. The van der Waals surface area contributed by atoms with Crippen LogP contribution in [0.4, 0.5) is 5.69 Å². The summed E-state index contributed by atoms with van der Waals surface area (Å²) >= 11 is 0. The number of anilines is 1. The quantitative estimate of drug-likeness (QED) is 0.701. The summed E-state index contributed by atoms with van der Waals surface area (Å²) in [7, 11) is 1.82. The van der Waals surface area contributed by atoms with E-state index in [4.69, 9.17) is 5.26 Å². The third-order valence-electron chi connectivity index (χ3n) is 2.73. The topological polar surface area (TPSA) is 56.9 Å². The van der Waals surface area contributed by atoms with Crippen LogP contribution in [0.25, 0.3) is 0 Å². The van der Waals surface area contributed by atoms with Crippen LogP contribution in [0.1, 0.15) is 11.4 Å². The molecule has 0 bridgehead atoms. The van der Waals surface area contributed by atoms with E-state index in [0.717, 1.165) is 37.6 Å². The maximum atomic E-state index is 9.09. The number of nitriles is 1. The van der Waals surface area contributed by atoms with Crippen LogP contribution in [0.15, 0.2) is 0 Å². The Morgan fingerprint density at radius 1 is 1.40 bits per heavy atom. The highest BCUT2D eigenvalue weighted by atomic mass is 15.3. The number of hydrogen-bond donors (Lipinski definition) is 1. The molecular formula is C10H15N5. The summed E-state index contributed by atoms with van der Waals surface area (Å²) in [5, 5.41) is 16.7. The number of nitrogens with one attached hydrogen (secondary N) is 1. The van der Waals surface area contributed by atoms with Gasteiger partial charge in [0.1, 0.15) is 6.07 Å². The van der Waals surface area contributed by atoms with Crippen LogP contribution in [-0.2, 0) is 7.05 Å². The Bertz CT molecular complexity index is 395. The van der Waals surface area contributed by atoms with Crippen molar-refractivity contribution in [3.05, 3.63) is 11.4 Å². The van der Waals surface area contributed by atoms with Crippen molar-refractivity contribution in [1.82, 2.24) is 15.1 Å². The van der Waals surface area contributed by atoms with Gasteiger partial charge in [0, 0.05) is 33.2 Å². The van der Waals surface area contributed by atoms with E-state index >= 15 is 0 Å². The van der Waals surface area contributed by atoms with E-state index in [0.29, 0.717) is 5.69 Å². The standard InChI is InChI=1S/C10H15N5/c1-8-10(9(7-11)14(2)13-8)15-5-3-12-4-6-15/h12H,3-6H2,1-2H3. The van der Waals surface area contributed by atoms with Crippen LogP contribution in [-0.4, -0.2) is 36.0 Å². The number of aryl methyl sites for hydroxylation is 2. The molecule has 1 fully saturated rings. The van der Waals surface area contributed by atoms with Gasteiger partial charge in [-0.1, -0.05) is 0 Å². The van der Waals surface area contributed by atoms with Crippen LogP contribution in [0.3, 0.4) is 0 Å². The summed E-state index contributed by atoms with van der Waals surface area (Å²) < 4.78 is 1.66. The molecule has 0 amide bonds. The molecule has 1 aromatic rings. The van der Waals surface area contributed by atoms with Crippen LogP contribution in [0.5, 0.6) is 0 Å². The van der Waals surface area contributed by atoms with Crippen molar-refractivity contribution in [1.29, 1.82) is 5.26 Å². The molecule has 0 unspecified atom stereocenters. The summed E-state index contributed by atoms with van der Waals surface area (Å²) in [6.07, 6.45) is 0. The molecule has 5 nitrogen and oxygen atoms in total. The molecule has 2 heterocycles.